The summed E-state index contributed by atoms with van der Waals surface area (Å²) in [5.41, 5.74) is 1.35. The van der Waals surface area contributed by atoms with E-state index in [2.05, 4.69) is 11.3 Å². The van der Waals surface area contributed by atoms with Crippen molar-refractivity contribution in [2.24, 2.45) is 0 Å². The van der Waals surface area contributed by atoms with Crippen LogP contribution in [0.4, 0.5) is 10.1 Å². The number of fused-ring (bicyclic) bond motifs is 1. The summed E-state index contributed by atoms with van der Waals surface area (Å²) in [6.45, 7) is 4.11. The molecule has 3 aromatic rings. The predicted octanol–water partition coefficient (Wildman–Crippen LogP) is 4.31. The van der Waals surface area contributed by atoms with Gasteiger partial charge in [0.25, 0.3) is 10.0 Å². The molecule has 2 aromatic carbocycles. The van der Waals surface area contributed by atoms with Crippen LogP contribution in [-0.4, -0.2) is 45.9 Å². The number of nitrogens with zero attached hydrogens (tertiary/aromatic N) is 2. The summed E-state index contributed by atoms with van der Waals surface area (Å²) < 4.78 is 43.9. The van der Waals surface area contributed by atoms with E-state index >= 15 is 0 Å². The highest BCUT2D eigenvalue weighted by atomic mass is 35.5. The lowest BCUT2D eigenvalue weighted by Crippen LogP contribution is -2.41. The Morgan fingerprint density at radius 2 is 2.00 bits per heavy atom. The van der Waals surface area contributed by atoms with Gasteiger partial charge in [0, 0.05) is 41.6 Å². The predicted molar refractivity (Wildman–Crippen MR) is 127 cm³/mol. The number of carbonyl (C=O) groups is 1. The standard InChI is InChI=1S/C22H21ClFN3O3S2/c1-13(26(2)3)14-5-7-19(17(24)10-14)27-9-8-18(22(27)28)25-32(29,30)21-11-15-4-6-16(23)12-20(15)31-21/h4-7,10-12,18,25H,1,8-9H2,2-3H3. The van der Waals surface area contributed by atoms with E-state index in [1.807, 2.05) is 0 Å². The van der Waals surface area contributed by atoms with Crippen molar-refractivity contribution in [1.29, 1.82) is 0 Å². The zero-order valence-corrected chi connectivity index (χ0v) is 19.8. The molecule has 1 N–H and O–H groups in total. The maximum Gasteiger partial charge on any atom is 0.250 e. The molecule has 1 fully saturated rings. The fourth-order valence-electron chi connectivity index (χ4n) is 3.55. The Labute approximate surface area is 194 Å². The first kappa shape index (κ1) is 22.7. The maximum absolute atomic E-state index is 14.8. The van der Waals surface area contributed by atoms with Crippen molar-refractivity contribution in [3.63, 3.8) is 0 Å². The van der Waals surface area contributed by atoms with Crippen molar-refractivity contribution in [2.45, 2.75) is 16.7 Å². The monoisotopic (exact) mass is 493 g/mol. The van der Waals surface area contributed by atoms with E-state index in [0.29, 0.717) is 16.3 Å². The van der Waals surface area contributed by atoms with E-state index in [4.69, 9.17) is 11.6 Å². The zero-order chi connectivity index (χ0) is 23.2. The second kappa shape index (κ2) is 8.47. The number of hydrogen-bond acceptors (Lipinski definition) is 5. The van der Waals surface area contributed by atoms with E-state index < -0.39 is 27.8 Å². The first-order valence-corrected chi connectivity index (χ1v) is 12.4. The van der Waals surface area contributed by atoms with Gasteiger partial charge in [-0.2, -0.15) is 4.72 Å². The maximum atomic E-state index is 14.8. The van der Waals surface area contributed by atoms with E-state index in [1.54, 1.807) is 49.3 Å². The Kier molecular flexibility index (Phi) is 6.02. The molecule has 168 valence electrons. The molecule has 1 saturated heterocycles. The fourth-order valence-corrected chi connectivity index (χ4v) is 6.46. The number of amides is 1. The van der Waals surface area contributed by atoms with Gasteiger partial charge in [-0.3, -0.25) is 4.79 Å². The average molecular weight is 494 g/mol. The Hall–Kier alpha value is -2.46. The lowest BCUT2D eigenvalue weighted by Gasteiger charge is -2.20. The minimum atomic E-state index is -3.93. The molecule has 2 heterocycles. The summed E-state index contributed by atoms with van der Waals surface area (Å²) in [6, 6.07) is 10.2. The van der Waals surface area contributed by atoms with Gasteiger partial charge in [0.15, 0.2) is 0 Å². The Balaban J connectivity index is 1.53. The number of nitrogens with one attached hydrogen (secondary N) is 1. The van der Waals surface area contributed by atoms with E-state index in [-0.39, 0.29) is 22.9 Å². The highest BCUT2D eigenvalue weighted by molar-refractivity contribution is 7.91. The molecular formula is C22H21ClFN3O3S2. The van der Waals surface area contributed by atoms with Crippen LogP contribution >= 0.6 is 22.9 Å². The summed E-state index contributed by atoms with van der Waals surface area (Å²) in [4.78, 5) is 15.9. The molecule has 0 bridgehead atoms. The molecule has 0 spiro atoms. The highest BCUT2D eigenvalue weighted by Gasteiger charge is 2.37. The second-order valence-corrected chi connectivity index (χ2v) is 11.2. The smallest absolute Gasteiger partial charge is 0.250 e. The van der Waals surface area contributed by atoms with Gasteiger partial charge in [-0.1, -0.05) is 30.3 Å². The number of thiophene rings is 1. The first-order chi connectivity index (χ1) is 15.1. The van der Waals surface area contributed by atoms with Crippen LogP contribution in [0.15, 0.2) is 53.3 Å². The molecule has 0 radical (unpaired) electrons. The lowest BCUT2D eigenvalue weighted by atomic mass is 10.1. The minimum absolute atomic E-state index is 0.0961. The molecule has 1 unspecified atom stereocenters. The van der Waals surface area contributed by atoms with Crippen molar-refractivity contribution in [2.75, 3.05) is 25.5 Å². The molecular weight excluding hydrogens is 473 g/mol. The molecule has 6 nitrogen and oxygen atoms in total. The van der Waals surface area contributed by atoms with E-state index in [1.165, 1.54) is 17.0 Å². The van der Waals surface area contributed by atoms with E-state index in [9.17, 15) is 17.6 Å². The highest BCUT2D eigenvalue weighted by Crippen LogP contribution is 2.32. The second-order valence-electron chi connectivity index (χ2n) is 7.71. The number of benzene rings is 2. The van der Waals surface area contributed by atoms with Crippen molar-refractivity contribution in [3.8, 4) is 0 Å². The molecule has 1 aliphatic heterocycles. The quantitative estimate of drug-likeness (QED) is 0.555. The molecule has 0 aliphatic carbocycles. The molecule has 10 heteroatoms. The van der Waals surface area contributed by atoms with Gasteiger partial charge in [-0.25, -0.2) is 12.8 Å². The van der Waals surface area contributed by atoms with Gasteiger partial charge in [0.2, 0.25) is 5.91 Å². The number of hydrogen-bond donors (Lipinski definition) is 1. The molecule has 32 heavy (non-hydrogen) atoms. The van der Waals surface area contributed by atoms with Gasteiger partial charge < -0.3 is 9.80 Å². The number of anilines is 1. The fraction of sp³-hybridized carbons (Fsp3) is 0.227. The number of carbonyl (C=O) groups excluding carboxylic acids is 1. The van der Waals surface area contributed by atoms with Crippen LogP contribution in [0.1, 0.15) is 12.0 Å². The Morgan fingerprint density at radius 3 is 2.69 bits per heavy atom. The molecule has 1 aromatic heterocycles. The molecule has 0 saturated carbocycles. The summed E-state index contributed by atoms with van der Waals surface area (Å²) >= 11 is 7.06. The summed E-state index contributed by atoms with van der Waals surface area (Å²) in [5, 5.41) is 1.26. The average Bonchev–Trinajstić information content (AvgIpc) is 3.31. The SMILES string of the molecule is C=C(c1ccc(N2CCC(NS(=O)(=O)c3cc4ccc(Cl)cc4s3)C2=O)c(F)c1)N(C)C. The van der Waals surface area contributed by atoms with Crippen LogP contribution in [0.5, 0.6) is 0 Å². The van der Waals surface area contributed by atoms with Crippen LogP contribution in [0, 0.1) is 5.82 Å². The van der Waals surface area contributed by atoms with E-state index in [0.717, 1.165) is 21.4 Å². The van der Waals surface area contributed by atoms with Crippen LogP contribution in [0.25, 0.3) is 15.8 Å². The molecule has 1 amide bonds. The van der Waals surface area contributed by atoms with Crippen molar-refractivity contribution < 1.29 is 17.6 Å². The van der Waals surface area contributed by atoms with Crippen LogP contribution < -0.4 is 9.62 Å². The van der Waals surface area contributed by atoms with Gasteiger partial charge in [0.05, 0.1) is 5.69 Å². The minimum Gasteiger partial charge on any atom is -0.378 e. The van der Waals surface area contributed by atoms with Crippen molar-refractivity contribution in [1.82, 2.24) is 9.62 Å². The lowest BCUT2D eigenvalue weighted by molar-refractivity contribution is -0.118. The largest absolute Gasteiger partial charge is 0.378 e. The Morgan fingerprint density at radius 1 is 1.25 bits per heavy atom. The third kappa shape index (κ3) is 4.25. The van der Waals surface area contributed by atoms with Crippen LogP contribution in [0.2, 0.25) is 5.02 Å². The zero-order valence-electron chi connectivity index (χ0n) is 17.4. The topological polar surface area (TPSA) is 69.7 Å². The van der Waals surface area contributed by atoms with Gasteiger partial charge >= 0.3 is 0 Å². The Bertz CT molecular complexity index is 1340. The van der Waals surface area contributed by atoms with Crippen molar-refractivity contribution in [3.05, 3.63) is 65.4 Å². The van der Waals surface area contributed by atoms with Crippen molar-refractivity contribution >= 4 is 60.3 Å². The normalized spacial score (nSPS) is 16.7. The summed E-state index contributed by atoms with van der Waals surface area (Å²) in [6.07, 6.45) is 0.236. The number of halogens is 2. The summed E-state index contributed by atoms with van der Waals surface area (Å²) in [7, 11) is -0.316. The third-order valence-electron chi connectivity index (χ3n) is 5.34. The molecule has 1 atom stereocenters. The number of rotatable bonds is 6. The molecule has 4 rings (SSSR count). The third-order valence-corrected chi connectivity index (χ3v) is 8.62. The van der Waals surface area contributed by atoms with Gasteiger partial charge in [-0.15, -0.1) is 11.3 Å². The summed E-state index contributed by atoms with van der Waals surface area (Å²) in [5.74, 6) is -1.06. The first-order valence-electron chi connectivity index (χ1n) is 9.76. The van der Waals surface area contributed by atoms with Gasteiger partial charge in [0.1, 0.15) is 16.1 Å². The van der Waals surface area contributed by atoms with Gasteiger partial charge in [-0.05, 0) is 42.1 Å². The molecule has 1 aliphatic rings. The van der Waals surface area contributed by atoms with Crippen LogP contribution in [-0.2, 0) is 14.8 Å². The van der Waals surface area contributed by atoms with Crippen LogP contribution in [0.3, 0.4) is 0 Å². The number of sulfonamides is 1.